The Morgan fingerprint density at radius 1 is 0.923 bits per heavy atom. The van der Waals surface area contributed by atoms with Gasteiger partial charge in [-0.2, -0.15) is 0 Å². The molecule has 3 heteroatoms. The lowest BCUT2D eigenvalue weighted by Crippen LogP contribution is -2.37. The van der Waals surface area contributed by atoms with Crippen LogP contribution in [0.4, 0.5) is 0 Å². The van der Waals surface area contributed by atoms with Crippen LogP contribution < -0.4 is 4.57 Å². The Labute approximate surface area is 152 Å². The summed E-state index contributed by atoms with van der Waals surface area (Å²) in [5.41, 5.74) is 3.96. The van der Waals surface area contributed by atoms with Crippen LogP contribution in [0.2, 0.25) is 0 Å². The molecule has 0 saturated carbocycles. The van der Waals surface area contributed by atoms with Crippen LogP contribution in [-0.4, -0.2) is 10.8 Å². The third kappa shape index (κ3) is 3.11. The van der Waals surface area contributed by atoms with Crippen molar-refractivity contribution >= 4 is 16.6 Å². The average Bonchev–Trinajstić information content (AvgIpc) is 2.68. The molecule has 0 amide bonds. The average molecular weight is 339 g/mol. The van der Waals surface area contributed by atoms with Gasteiger partial charge in [0.25, 0.3) is 6.33 Å². The number of Topliss-reactive ketones (excluding diaryl/α,β-unsaturated/α-hetero) is 1. The second-order valence-electron chi connectivity index (χ2n) is 6.38. The maximum atomic E-state index is 12.8. The first kappa shape index (κ1) is 16.2. The minimum Gasteiger partial charge on any atom is -0.290 e. The number of rotatable bonds is 4. The lowest BCUT2D eigenvalue weighted by molar-refractivity contribution is -0.686. The van der Waals surface area contributed by atoms with Crippen molar-refractivity contribution in [2.24, 2.45) is 0 Å². The highest BCUT2D eigenvalue weighted by atomic mass is 16.1. The van der Waals surface area contributed by atoms with E-state index in [2.05, 4.69) is 24.0 Å². The van der Waals surface area contributed by atoms with Crippen molar-refractivity contribution in [3.8, 4) is 11.3 Å². The van der Waals surface area contributed by atoms with Crippen molar-refractivity contribution in [1.82, 2.24) is 4.98 Å². The number of carbonyl (C=O) groups excluding carboxylic acids is 1. The van der Waals surface area contributed by atoms with E-state index in [1.54, 1.807) is 6.33 Å². The van der Waals surface area contributed by atoms with E-state index in [0.29, 0.717) is 0 Å². The first-order valence-electron chi connectivity index (χ1n) is 8.64. The van der Waals surface area contributed by atoms with Gasteiger partial charge >= 0.3 is 0 Å². The van der Waals surface area contributed by atoms with Gasteiger partial charge in [-0.15, -0.1) is 0 Å². The molecule has 3 nitrogen and oxygen atoms in total. The first-order chi connectivity index (χ1) is 12.7. The van der Waals surface area contributed by atoms with Gasteiger partial charge in [0.05, 0.1) is 6.20 Å². The van der Waals surface area contributed by atoms with Gasteiger partial charge in [0, 0.05) is 17.2 Å². The van der Waals surface area contributed by atoms with Crippen LogP contribution in [0.3, 0.4) is 0 Å². The van der Waals surface area contributed by atoms with Gasteiger partial charge in [0.2, 0.25) is 5.78 Å². The monoisotopic (exact) mass is 339 g/mol. The topological polar surface area (TPSA) is 33.8 Å². The summed E-state index contributed by atoms with van der Waals surface area (Å²) in [6.07, 6.45) is 3.64. The van der Waals surface area contributed by atoms with E-state index in [1.807, 2.05) is 71.4 Å². The molecule has 26 heavy (non-hydrogen) atoms. The summed E-state index contributed by atoms with van der Waals surface area (Å²) in [4.78, 5) is 17.3. The van der Waals surface area contributed by atoms with E-state index in [-0.39, 0.29) is 12.3 Å². The molecule has 0 radical (unpaired) electrons. The molecule has 1 aromatic heterocycles. The van der Waals surface area contributed by atoms with Gasteiger partial charge in [0.15, 0.2) is 12.2 Å². The van der Waals surface area contributed by atoms with Gasteiger partial charge < -0.3 is 0 Å². The normalized spacial score (nSPS) is 10.8. The van der Waals surface area contributed by atoms with Crippen LogP contribution in [0.15, 0.2) is 85.3 Å². The molecule has 0 spiro atoms. The molecule has 0 N–H and O–H groups in total. The maximum absolute atomic E-state index is 12.8. The SMILES string of the molecule is Cc1ccccc1-c1cc[n+](CC(=O)c2cccc3ccccc23)cn1. The van der Waals surface area contributed by atoms with E-state index in [1.165, 1.54) is 5.56 Å². The molecular weight excluding hydrogens is 320 g/mol. The third-order valence-electron chi connectivity index (χ3n) is 4.61. The lowest BCUT2D eigenvalue weighted by atomic mass is 10.0. The van der Waals surface area contributed by atoms with Crippen LogP contribution in [0.25, 0.3) is 22.0 Å². The van der Waals surface area contributed by atoms with E-state index in [9.17, 15) is 4.79 Å². The Kier molecular flexibility index (Phi) is 4.28. The van der Waals surface area contributed by atoms with Crippen molar-refractivity contribution in [2.75, 3.05) is 0 Å². The number of fused-ring (bicyclic) bond motifs is 1. The zero-order valence-corrected chi connectivity index (χ0v) is 14.6. The highest BCUT2D eigenvalue weighted by Gasteiger charge is 2.14. The largest absolute Gasteiger partial charge is 0.290 e. The van der Waals surface area contributed by atoms with Crippen LogP contribution in [0, 0.1) is 6.92 Å². The molecule has 4 rings (SSSR count). The molecular formula is C23H19N2O+. The molecule has 0 unspecified atom stereocenters. The number of nitrogens with zero attached hydrogens (tertiary/aromatic N) is 2. The molecule has 0 saturated heterocycles. The fourth-order valence-electron chi connectivity index (χ4n) is 3.22. The van der Waals surface area contributed by atoms with E-state index >= 15 is 0 Å². The lowest BCUT2D eigenvalue weighted by Gasteiger charge is -2.05. The van der Waals surface area contributed by atoms with Crippen molar-refractivity contribution in [1.29, 1.82) is 0 Å². The Balaban J connectivity index is 1.59. The molecule has 0 aliphatic rings. The van der Waals surface area contributed by atoms with Crippen LogP contribution in [0.1, 0.15) is 15.9 Å². The zero-order valence-electron chi connectivity index (χ0n) is 14.6. The number of hydrogen-bond acceptors (Lipinski definition) is 2. The van der Waals surface area contributed by atoms with Gasteiger partial charge in [-0.05, 0) is 28.2 Å². The van der Waals surface area contributed by atoms with Gasteiger partial charge in [-0.25, -0.2) is 4.57 Å². The number of carbonyl (C=O) groups is 1. The predicted molar refractivity (Wildman–Crippen MR) is 103 cm³/mol. The van der Waals surface area contributed by atoms with Gasteiger partial charge in [0.1, 0.15) is 0 Å². The van der Waals surface area contributed by atoms with Crippen molar-refractivity contribution in [3.05, 3.63) is 96.4 Å². The molecule has 0 aliphatic heterocycles. The van der Waals surface area contributed by atoms with E-state index in [4.69, 9.17) is 0 Å². The number of aromatic nitrogens is 2. The fraction of sp³-hybridized carbons (Fsp3) is 0.0870. The predicted octanol–water partition coefficient (Wildman–Crippen LogP) is 4.38. The minimum atomic E-state index is 0.0808. The molecule has 4 aromatic rings. The van der Waals surface area contributed by atoms with Crippen LogP contribution >= 0.6 is 0 Å². The molecule has 0 bridgehead atoms. The van der Waals surface area contributed by atoms with E-state index in [0.717, 1.165) is 27.6 Å². The molecule has 0 aliphatic carbocycles. The number of aryl methyl sites for hydroxylation is 1. The fourth-order valence-corrected chi connectivity index (χ4v) is 3.22. The summed E-state index contributed by atoms with van der Waals surface area (Å²) in [6.45, 7) is 2.34. The summed E-state index contributed by atoms with van der Waals surface area (Å²) in [5, 5.41) is 2.07. The minimum absolute atomic E-state index is 0.0808. The number of ketones is 1. The van der Waals surface area contributed by atoms with Gasteiger partial charge in [-0.3, -0.25) is 4.79 Å². The van der Waals surface area contributed by atoms with Crippen molar-refractivity contribution < 1.29 is 9.36 Å². The first-order valence-corrected chi connectivity index (χ1v) is 8.64. The molecule has 0 fully saturated rings. The maximum Gasteiger partial charge on any atom is 0.287 e. The van der Waals surface area contributed by atoms with Crippen molar-refractivity contribution in [3.63, 3.8) is 0 Å². The Morgan fingerprint density at radius 3 is 2.50 bits per heavy atom. The number of benzene rings is 3. The quantitative estimate of drug-likeness (QED) is 0.408. The zero-order chi connectivity index (χ0) is 17.9. The van der Waals surface area contributed by atoms with Crippen LogP contribution in [0.5, 0.6) is 0 Å². The second-order valence-corrected chi connectivity index (χ2v) is 6.38. The van der Waals surface area contributed by atoms with Crippen LogP contribution in [-0.2, 0) is 6.54 Å². The highest BCUT2D eigenvalue weighted by Crippen LogP contribution is 2.20. The molecule has 3 aromatic carbocycles. The second kappa shape index (κ2) is 6.89. The molecule has 1 heterocycles. The van der Waals surface area contributed by atoms with Gasteiger partial charge in [-0.1, -0.05) is 66.7 Å². The Hall–Kier alpha value is -3.33. The third-order valence-corrected chi connectivity index (χ3v) is 4.61. The summed E-state index contributed by atoms with van der Waals surface area (Å²) < 4.78 is 1.83. The Morgan fingerprint density at radius 2 is 1.69 bits per heavy atom. The molecule has 0 atom stereocenters. The standard InChI is InChI=1S/C23H19N2O/c1-17-7-2-4-10-19(17)22-13-14-25(16-24-22)15-23(26)21-12-6-9-18-8-3-5-11-20(18)21/h2-14,16H,15H2,1H3/q+1. The highest BCUT2D eigenvalue weighted by molar-refractivity contribution is 6.07. The number of hydrogen-bond donors (Lipinski definition) is 0. The Bertz CT molecular complexity index is 1080. The summed E-state index contributed by atoms with van der Waals surface area (Å²) in [6, 6.07) is 23.9. The molecule has 126 valence electrons. The summed E-state index contributed by atoms with van der Waals surface area (Å²) >= 11 is 0. The summed E-state index contributed by atoms with van der Waals surface area (Å²) in [7, 11) is 0. The van der Waals surface area contributed by atoms with E-state index < -0.39 is 0 Å². The van der Waals surface area contributed by atoms with Crippen molar-refractivity contribution in [2.45, 2.75) is 13.5 Å². The smallest absolute Gasteiger partial charge is 0.287 e. The summed E-state index contributed by atoms with van der Waals surface area (Å²) in [5.74, 6) is 0.0808.